The lowest BCUT2D eigenvalue weighted by Gasteiger charge is -2.24. The van der Waals surface area contributed by atoms with E-state index in [1.54, 1.807) is 0 Å². The van der Waals surface area contributed by atoms with Gasteiger partial charge in [0.1, 0.15) is 11.6 Å². The van der Waals surface area contributed by atoms with Gasteiger partial charge in [-0.2, -0.15) is 0 Å². The normalized spacial score (nSPS) is 21.0. The van der Waals surface area contributed by atoms with Gasteiger partial charge in [0.15, 0.2) is 0 Å². The van der Waals surface area contributed by atoms with Gasteiger partial charge in [-0.05, 0) is 26.0 Å². The minimum atomic E-state index is -0.585. The van der Waals surface area contributed by atoms with Gasteiger partial charge in [-0.25, -0.2) is 8.78 Å². The highest BCUT2D eigenvalue weighted by atomic mass is 19.1. The van der Waals surface area contributed by atoms with E-state index in [1.807, 2.05) is 11.9 Å². The number of halogens is 2. The summed E-state index contributed by atoms with van der Waals surface area (Å²) < 4.78 is 32.0. The first kappa shape index (κ1) is 14.4. The highest BCUT2D eigenvalue weighted by molar-refractivity contribution is 5.22. The van der Waals surface area contributed by atoms with Crippen molar-refractivity contribution in [2.75, 3.05) is 26.7 Å². The lowest BCUT2D eigenvalue weighted by Crippen LogP contribution is -2.35. The number of nitrogens with zero attached hydrogens (tertiary/aromatic N) is 1. The summed E-state index contributed by atoms with van der Waals surface area (Å²) in [5.74, 6) is -1.17. The summed E-state index contributed by atoms with van der Waals surface area (Å²) in [4.78, 5) is 2.03. The molecule has 0 amide bonds. The van der Waals surface area contributed by atoms with Crippen LogP contribution in [0, 0.1) is 11.6 Å². The third-order valence-corrected chi connectivity index (χ3v) is 3.41. The van der Waals surface area contributed by atoms with Gasteiger partial charge < -0.3 is 15.4 Å². The van der Waals surface area contributed by atoms with Gasteiger partial charge in [-0.3, -0.25) is 0 Å². The summed E-state index contributed by atoms with van der Waals surface area (Å²) in [5, 5.41) is 0. The summed E-state index contributed by atoms with van der Waals surface area (Å²) >= 11 is 0. The Morgan fingerprint density at radius 1 is 1.47 bits per heavy atom. The van der Waals surface area contributed by atoms with Crippen molar-refractivity contribution in [3.05, 3.63) is 35.4 Å². The van der Waals surface area contributed by atoms with E-state index in [0.717, 1.165) is 32.1 Å². The molecule has 1 aliphatic heterocycles. The zero-order valence-electron chi connectivity index (χ0n) is 11.1. The predicted octanol–water partition coefficient (Wildman–Crippen LogP) is 2.08. The van der Waals surface area contributed by atoms with E-state index in [4.69, 9.17) is 10.5 Å². The van der Waals surface area contributed by atoms with Crippen LogP contribution in [-0.4, -0.2) is 37.7 Å². The first-order valence-electron chi connectivity index (χ1n) is 6.57. The fourth-order valence-electron chi connectivity index (χ4n) is 2.45. The van der Waals surface area contributed by atoms with Crippen molar-refractivity contribution in [3.8, 4) is 0 Å². The van der Waals surface area contributed by atoms with Gasteiger partial charge in [0, 0.05) is 37.4 Å². The highest BCUT2D eigenvalue weighted by Crippen LogP contribution is 2.18. The lowest BCUT2D eigenvalue weighted by molar-refractivity contribution is 0.0795. The molecule has 2 N–H and O–H groups in total. The Labute approximate surface area is 112 Å². The summed E-state index contributed by atoms with van der Waals surface area (Å²) in [6, 6.07) is 3.05. The molecule has 1 aromatic rings. The van der Waals surface area contributed by atoms with E-state index in [0.29, 0.717) is 12.1 Å². The monoisotopic (exact) mass is 270 g/mol. The number of hydrogen-bond donors (Lipinski definition) is 1. The summed E-state index contributed by atoms with van der Waals surface area (Å²) in [6.45, 7) is 2.12. The summed E-state index contributed by atoms with van der Waals surface area (Å²) in [6.07, 6.45) is 2.40. The van der Waals surface area contributed by atoms with Gasteiger partial charge in [0.2, 0.25) is 0 Å². The molecule has 1 aliphatic rings. The quantitative estimate of drug-likeness (QED) is 0.890. The topological polar surface area (TPSA) is 38.5 Å². The minimum absolute atomic E-state index is 0.246. The Morgan fingerprint density at radius 3 is 2.89 bits per heavy atom. The first-order chi connectivity index (χ1) is 9.06. The van der Waals surface area contributed by atoms with Gasteiger partial charge in [-0.1, -0.05) is 6.07 Å². The zero-order valence-corrected chi connectivity index (χ0v) is 11.1. The molecule has 5 heteroatoms. The van der Waals surface area contributed by atoms with Gasteiger partial charge in [0.25, 0.3) is 0 Å². The number of nitrogens with two attached hydrogens (primary N) is 1. The minimum Gasteiger partial charge on any atom is -0.377 e. The van der Waals surface area contributed by atoms with Crippen LogP contribution in [0.1, 0.15) is 24.4 Å². The molecule has 0 bridgehead atoms. The van der Waals surface area contributed by atoms with Gasteiger partial charge in [0.05, 0.1) is 6.10 Å². The van der Waals surface area contributed by atoms with E-state index in [-0.39, 0.29) is 6.10 Å². The second-order valence-electron chi connectivity index (χ2n) is 5.13. The van der Waals surface area contributed by atoms with Crippen molar-refractivity contribution in [1.29, 1.82) is 0 Å². The SMILES string of the molecule is CN(CC1CCCO1)CC(N)c1ccc(F)cc1F. The van der Waals surface area contributed by atoms with Gasteiger partial charge in [-0.15, -0.1) is 0 Å². The fourth-order valence-corrected chi connectivity index (χ4v) is 2.45. The van der Waals surface area contributed by atoms with Crippen molar-refractivity contribution in [3.63, 3.8) is 0 Å². The molecule has 2 atom stereocenters. The average molecular weight is 270 g/mol. The molecule has 3 nitrogen and oxygen atoms in total. The maximum absolute atomic E-state index is 13.6. The molecule has 1 heterocycles. The second-order valence-corrected chi connectivity index (χ2v) is 5.13. The van der Waals surface area contributed by atoms with Crippen LogP contribution in [0.5, 0.6) is 0 Å². The maximum Gasteiger partial charge on any atom is 0.130 e. The van der Waals surface area contributed by atoms with E-state index in [2.05, 4.69) is 0 Å². The molecule has 0 spiro atoms. The molecule has 1 fully saturated rings. The molecular formula is C14H20F2N2O. The Bertz CT molecular complexity index is 422. The maximum atomic E-state index is 13.6. The molecule has 0 aromatic heterocycles. The van der Waals surface area contributed by atoms with E-state index in [1.165, 1.54) is 12.1 Å². The number of likely N-dealkylation sites (N-methyl/N-ethyl adjacent to an activating group) is 1. The molecule has 2 rings (SSSR count). The fraction of sp³-hybridized carbons (Fsp3) is 0.571. The van der Waals surface area contributed by atoms with Crippen LogP contribution >= 0.6 is 0 Å². The number of benzene rings is 1. The largest absolute Gasteiger partial charge is 0.377 e. The third kappa shape index (κ3) is 3.96. The van der Waals surface area contributed by atoms with E-state index < -0.39 is 17.7 Å². The van der Waals surface area contributed by atoms with Crippen molar-refractivity contribution in [2.24, 2.45) is 5.73 Å². The van der Waals surface area contributed by atoms with Crippen molar-refractivity contribution < 1.29 is 13.5 Å². The molecular weight excluding hydrogens is 250 g/mol. The van der Waals surface area contributed by atoms with Gasteiger partial charge >= 0.3 is 0 Å². The third-order valence-electron chi connectivity index (χ3n) is 3.41. The van der Waals surface area contributed by atoms with Crippen molar-refractivity contribution in [2.45, 2.75) is 25.0 Å². The summed E-state index contributed by atoms with van der Waals surface area (Å²) in [5.41, 5.74) is 6.32. The van der Waals surface area contributed by atoms with Crippen LogP contribution in [0.3, 0.4) is 0 Å². The van der Waals surface area contributed by atoms with Crippen molar-refractivity contribution >= 4 is 0 Å². The molecule has 0 saturated carbocycles. The number of ether oxygens (including phenoxy) is 1. The molecule has 106 valence electrons. The second kappa shape index (κ2) is 6.41. The zero-order chi connectivity index (χ0) is 13.8. The van der Waals surface area contributed by atoms with Crippen LogP contribution in [0.2, 0.25) is 0 Å². The predicted molar refractivity (Wildman–Crippen MR) is 69.8 cm³/mol. The first-order valence-corrected chi connectivity index (χ1v) is 6.57. The standard InChI is InChI=1S/C14H20F2N2O/c1-18(8-11-3-2-6-19-11)9-14(17)12-5-4-10(15)7-13(12)16/h4-5,7,11,14H,2-3,6,8-9,17H2,1H3. The average Bonchev–Trinajstić information content (AvgIpc) is 2.81. The molecule has 0 aliphatic carbocycles. The Hall–Kier alpha value is -1.04. The van der Waals surface area contributed by atoms with Crippen LogP contribution in [0.25, 0.3) is 0 Å². The van der Waals surface area contributed by atoms with Crippen LogP contribution in [-0.2, 0) is 4.74 Å². The highest BCUT2D eigenvalue weighted by Gasteiger charge is 2.20. The molecule has 1 aromatic carbocycles. The van der Waals surface area contributed by atoms with Crippen molar-refractivity contribution in [1.82, 2.24) is 4.90 Å². The Balaban J connectivity index is 1.90. The molecule has 0 radical (unpaired) electrons. The molecule has 19 heavy (non-hydrogen) atoms. The van der Waals surface area contributed by atoms with E-state index in [9.17, 15) is 8.78 Å². The number of rotatable bonds is 5. The molecule has 2 unspecified atom stereocenters. The van der Waals surface area contributed by atoms with Crippen LogP contribution < -0.4 is 5.73 Å². The Morgan fingerprint density at radius 2 is 2.26 bits per heavy atom. The summed E-state index contributed by atoms with van der Waals surface area (Å²) in [7, 11) is 1.93. The van der Waals surface area contributed by atoms with E-state index >= 15 is 0 Å². The smallest absolute Gasteiger partial charge is 0.130 e. The Kier molecular flexibility index (Phi) is 4.85. The number of hydrogen-bond acceptors (Lipinski definition) is 3. The molecule has 1 saturated heterocycles. The van der Waals surface area contributed by atoms with Crippen LogP contribution in [0.4, 0.5) is 8.78 Å². The van der Waals surface area contributed by atoms with Crippen LogP contribution in [0.15, 0.2) is 18.2 Å². The lowest BCUT2D eigenvalue weighted by atomic mass is 10.1.